The Labute approximate surface area is 172 Å². The van der Waals surface area contributed by atoms with Crippen LogP contribution in [0, 0.1) is 20.8 Å². The van der Waals surface area contributed by atoms with Crippen molar-refractivity contribution >= 4 is 45.0 Å². The highest BCUT2D eigenvalue weighted by Gasteiger charge is 2.22. The van der Waals surface area contributed by atoms with E-state index in [1.165, 1.54) is 41.5 Å². The number of carbonyl (C=O) groups is 1. The molecule has 28 heavy (non-hydrogen) atoms. The number of aromatic nitrogens is 3. The molecule has 4 rings (SSSR count). The molecule has 3 heterocycles. The number of carbonyl (C=O) groups excluding carboxylic acids is 1. The van der Waals surface area contributed by atoms with Crippen LogP contribution in [0.3, 0.4) is 0 Å². The van der Waals surface area contributed by atoms with Crippen molar-refractivity contribution in [2.75, 3.05) is 11.1 Å². The lowest BCUT2D eigenvalue weighted by Crippen LogP contribution is -2.15. The average molecular weight is 417 g/mol. The number of thiophene rings is 1. The maximum atomic E-state index is 12.4. The normalized spacial score (nSPS) is 15.2. The molecular formula is C20H24N4O2S2. The monoisotopic (exact) mass is 416 g/mol. The molecule has 0 bridgehead atoms. The minimum absolute atomic E-state index is 0.117. The molecule has 0 saturated heterocycles. The van der Waals surface area contributed by atoms with Gasteiger partial charge in [0, 0.05) is 22.2 Å². The summed E-state index contributed by atoms with van der Waals surface area (Å²) in [4.78, 5) is 24.5. The van der Waals surface area contributed by atoms with Crippen LogP contribution in [-0.4, -0.2) is 26.8 Å². The van der Waals surface area contributed by atoms with Crippen LogP contribution in [0.15, 0.2) is 15.6 Å². The van der Waals surface area contributed by atoms with Crippen molar-refractivity contribution in [1.82, 2.24) is 15.1 Å². The van der Waals surface area contributed by atoms with Gasteiger partial charge in [0.05, 0.1) is 5.75 Å². The van der Waals surface area contributed by atoms with Crippen LogP contribution in [0.1, 0.15) is 60.0 Å². The van der Waals surface area contributed by atoms with E-state index in [9.17, 15) is 4.79 Å². The number of rotatable bonds is 5. The zero-order valence-corrected chi connectivity index (χ0v) is 18.0. The van der Waals surface area contributed by atoms with Crippen molar-refractivity contribution in [3.63, 3.8) is 0 Å². The van der Waals surface area contributed by atoms with Crippen molar-refractivity contribution in [2.45, 2.75) is 63.8 Å². The predicted octanol–water partition coefficient (Wildman–Crippen LogP) is 5.38. The third kappa shape index (κ3) is 4.07. The number of hydrogen-bond donors (Lipinski definition) is 1. The summed E-state index contributed by atoms with van der Waals surface area (Å²) in [7, 11) is 0. The Bertz CT molecular complexity index is 1010. The van der Waals surface area contributed by atoms with Crippen LogP contribution in [0.2, 0.25) is 0 Å². The van der Waals surface area contributed by atoms with Gasteiger partial charge >= 0.3 is 0 Å². The number of amides is 1. The van der Waals surface area contributed by atoms with Crippen molar-refractivity contribution in [3.8, 4) is 0 Å². The molecule has 0 aromatic carbocycles. The third-order valence-electron chi connectivity index (χ3n) is 5.22. The van der Waals surface area contributed by atoms with Gasteiger partial charge in [0.25, 0.3) is 0 Å². The second-order valence-corrected chi connectivity index (χ2v) is 9.51. The Morgan fingerprint density at radius 3 is 2.75 bits per heavy atom. The maximum Gasteiger partial charge on any atom is 0.236 e. The van der Waals surface area contributed by atoms with E-state index in [-0.39, 0.29) is 11.7 Å². The summed E-state index contributed by atoms with van der Waals surface area (Å²) >= 11 is 3.20. The van der Waals surface area contributed by atoms with E-state index in [1.807, 2.05) is 0 Å². The van der Waals surface area contributed by atoms with Crippen LogP contribution in [-0.2, 0) is 4.79 Å². The Morgan fingerprint density at radius 2 is 2.04 bits per heavy atom. The van der Waals surface area contributed by atoms with E-state index >= 15 is 0 Å². The standard InChI is InChI=1S/C20H24N4O2S2/c1-11-9-15(24-26-11)21-16(25)10-27-19-17-12(2)13(3)28-20(17)23-18(22-19)14-7-5-4-6-8-14/h9,14H,4-8,10H2,1-3H3,(H,21,24,25). The van der Waals surface area contributed by atoms with Gasteiger partial charge < -0.3 is 9.84 Å². The lowest BCUT2D eigenvalue weighted by Gasteiger charge is -2.20. The molecule has 0 aliphatic heterocycles. The molecule has 1 amide bonds. The Balaban J connectivity index is 1.57. The molecule has 1 saturated carbocycles. The van der Waals surface area contributed by atoms with E-state index in [4.69, 9.17) is 14.5 Å². The topological polar surface area (TPSA) is 80.9 Å². The second kappa shape index (κ2) is 8.21. The summed E-state index contributed by atoms with van der Waals surface area (Å²) in [5.74, 6) is 2.66. The molecule has 148 valence electrons. The first-order chi connectivity index (χ1) is 13.5. The molecule has 1 fully saturated rings. The molecule has 1 N–H and O–H groups in total. The molecule has 3 aromatic heterocycles. The molecule has 0 atom stereocenters. The number of fused-ring (bicyclic) bond motifs is 1. The summed E-state index contributed by atoms with van der Waals surface area (Å²) in [6, 6.07) is 1.71. The highest BCUT2D eigenvalue weighted by atomic mass is 32.2. The minimum atomic E-state index is -0.117. The molecular weight excluding hydrogens is 392 g/mol. The quantitative estimate of drug-likeness (QED) is 0.444. The van der Waals surface area contributed by atoms with Crippen LogP contribution in [0.5, 0.6) is 0 Å². The molecule has 8 heteroatoms. The van der Waals surface area contributed by atoms with E-state index < -0.39 is 0 Å². The van der Waals surface area contributed by atoms with Gasteiger partial charge in [-0.1, -0.05) is 36.2 Å². The number of thioether (sulfide) groups is 1. The predicted molar refractivity (Wildman–Crippen MR) is 113 cm³/mol. The third-order valence-corrected chi connectivity index (χ3v) is 7.30. The Kier molecular flexibility index (Phi) is 5.68. The summed E-state index contributed by atoms with van der Waals surface area (Å²) in [5, 5.41) is 8.60. The van der Waals surface area contributed by atoms with Gasteiger partial charge in [-0.3, -0.25) is 4.79 Å². The van der Waals surface area contributed by atoms with Gasteiger partial charge in [-0.15, -0.1) is 11.3 Å². The number of aryl methyl sites for hydroxylation is 3. The number of nitrogens with zero attached hydrogens (tertiary/aromatic N) is 3. The highest BCUT2D eigenvalue weighted by Crippen LogP contribution is 2.38. The molecule has 0 radical (unpaired) electrons. The van der Waals surface area contributed by atoms with Crippen LogP contribution < -0.4 is 5.32 Å². The summed E-state index contributed by atoms with van der Waals surface area (Å²) in [6.45, 7) is 6.03. The van der Waals surface area contributed by atoms with Crippen molar-refractivity contribution < 1.29 is 9.32 Å². The van der Waals surface area contributed by atoms with E-state index in [0.717, 1.165) is 33.9 Å². The Morgan fingerprint density at radius 1 is 1.25 bits per heavy atom. The fourth-order valence-electron chi connectivity index (χ4n) is 3.61. The van der Waals surface area contributed by atoms with Crippen LogP contribution in [0.25, 0.3) is 10.2 Å². The van der Waals surface area contributed by atoms with E-state index in [0.29, 0.717) is 17.5 Å². The average Bonchev–Trinajstić information content (AvgIpc) is 3.23. The van der Waals surface area contributed by atoms with E-state index in [2.05, 4.69) is 24.3 Å². The van der Waals surface area contributed by atoms with Crippen molar-refractivity contribution in [3.05, 3.63) is 28.1 Å². The minimum Gasteiger partial charge on any atom is -0.360 e. The van der Waals surface area contributed by atoms with Crippen molar-refractivity contribution in [2.24, 2.45) is 0 Å². The number of anilines is 1. The van der Waals surface area contributed by atoms with Gasteiger partial charge in [0.2, 0.25) is 5.91 Å². The smallest absolute Gasteiger partial charge is 0.236 e. The summed E-state index contributed by atoms with van der Waals surface area (Å²) in [6.07, 6.45) is 6.11. The lowest BCUT2D eigenvalue weighted by molar-refractivity contribution is -0.113. The largest absolute Gasteiger partial charge is 0.360 e. The molecule has 6 nitrogen and oxygen atoms in total. The van der Waals surface area contributed by atoms with Crippen molar-refractivity contribution in [1.29, 1.82) is 0 Å². The fourth-order valence-corrected chi connectivity index (χ4v) is 5.61. The zero-order chi connectivity index (χ0) is 19.7. The van der Waals surface area contributed by atoms with Crippen LogP contribution >= 0.6 is 23.1 Å². The fraction of sp³-hybridized carbons (Fsp3) is 0.500. The first-order valence-electron chi connectivity index (χ1n) is 9.65. The van der Waals surface area contributed by atoms with Gasteiger partial charge in [0.15, 0.2) is 5.82 Å². The SMILES string of the molecule is Cc1cc(NC(=O)CSc2nc(C3CCCCC3)nc3sc(C)c(C)c23)no1. The van der Waals surface area contributed by atoms with Gasteiger partial charge in [-0.05, 0) is 39.2 Å². The highest BCUT2D eigenvalue weighted by molar-refractivity contribution is 8.00. The molecule has 0 spiro atoms. The van der Waals surface area contributed by atoms with E-state index in [1.54, 1.807) is 24.3 Å². The summed E-state index contributed by atoms with van der Waals surface area (Å²) in [5.41, 5.74) is 1.21. The molecule has 0 unspecified atom stereocenters. The Hall–Kier alpha value is -1.93. The van der Waals surface area contributed by atoms with Gasteiger partial charge in [0.1, 0.15) is 21.4 Å². The molecule has 1 aliphatic carbocycles. The second-order valence-electron chi connectivity index (χ2n) is 7.34. The number of nitrogens with one attached hydrogen (secondary N) is 1. The lowest BCUT2D eigenvalue weighted by atomic mass is 9.89. The molecule has 3 aromatic rings. The zero-order valence-electron chi connectivity index (χ0n) is 16.4. The van der Waals surface area contributed by atoms with Gasteiger partial charge in [-0.2, -0.15) is 0 Å². The maximum absolute atomic E-state index is 12.4. The molecule has 1 aliphatic rings. The summed E-state index contributed by atoms with van der Waals surface area (Å²) < 4.78 is 5.00. The van der Waals surface area contributed by atoms with Crippen LogP contribution in [0.4, 0.5) is 5.82 Å². The first-order valence-corrected chi connectivity index (χ1v) is 11.4. The first kappa shape index (κ1) is 19.4. The van der Waals surface area contributed by atoms with Gasteiger partial charge in [-0.25, -0.2) is 9.97 Å². The number of hydrogen-bond acceptors (Lipinski definition) is 7.